The third-order valence-electron chi connectivity index (χ3n) is 5.87. The SMILES string of the molecule is COc1cc(CCNCC(O)COc2cccc3nn(Cc4ccccc4)cc23)cc(OC)c1OC. The van der Waals surface area contributed by atoms with Crippen LogP contribution in [0.2, 0.25) is 0 Å². The van der Waals surface area contributed by atoms with Gasteiger partial charge in [0.25, 0.3) is 0 Å². The maximum atomic E-state index is 10.4. The van der Waals surface area contributed by atoms with Crippen LogP contribution in [0.1, 0.15) is 11.1 Å². The second kappa shape index (κ2) is 12.3. The molecule has 0 radical (unpaired) electrons. The van der Waals surface area contributed by atoms with Gasteiger partial charge in [0.15, 0.2) is 11.5 Å². The smallest absolute Gasteiger partial charge is 0.203 e. The van der Waals surface area contributed by atoms with E-state index in [0.717, 1.165) is 22.9 Å². The van der Waals surface area contributed by atoms with Crippen molar-refractivity contribution in [1.82, 2.24) is 15.1 Å². The number of hydrogen-bond donors (Lipinski definition) is 2. The summed E-state index contributed by atoms with van der Waals surface area (Å²) in [4.78, 5) is 0. The maximum absolute atomic E-state index is 10.4. The van der Waals surface area contributed by atoms with Crippen LogP contribution in [-0.4, -0.2) is 62.0 Å². The molecule has 4 rings (SSSR count). The molecule has 0 saturated carbocycles. The first-order valence-corrected chi connectivity index (χ1v) is 11.9. The quantitative estimate of drug-likeness (QED) is 0.276. The Morgan fingerprint density at radius 1 is 0.889 bits per heavy atom. The Hall–Kier alpha value is -3.75. The largest absolute Gasteiger partial charge is 0.493 e. The van der Waals surface area contributed by atoms with E-state index in [2.05, 4.69) is 22.5 Å². The Bertz CT molecular complexity index is 1230. The number of nitrogens with zero attached hydrogens (tertiary/aromatic N) is 2. The molecule has 0 amide bonds. The number of aliphatic hydroxyl groups is 1. The molecule has 0 aliphatic carbocycles. The average Bonchev–Trinajstić information content (AvgIpc) is 3.32. The average molecular weight is 492 g/mol. The molecule has 0 aliphatic rings. The van der Waals surface area contributed by atoms with E-state index in [4.69, 9.17) is 18.9 Å². The highest BCUT2D eigenvalue weighted by Crippen LogP contribution is 2.38. The highest BCUT2D eigenvalue weighted by Gasteiger charge is 2.14. The van der Waals surface area contributed by atoms with Gasteiger partial charge < -0.3 is 29.4 Å². The summed E-state index contributed by atoms with van der Waals surface area (Å²) in [5, 5.41) is 19.3. The minimum Gasteiger partial charge on any atom is -0.493 e. The summed E-state index contributed by atoms with van der Waals surface area (Å²) in [5.41, 5.74) is 3.09. The Morgan fingerprint density at radius 3 is 2.33 bits per heavy atom. The van der Waals surface area contributed by atoms with Gasteiger partial charge in [-0.1, -0.05) is 36.4 Å². The number of fused-ring (bicyclic) bond motifs is 1. The van der Waals surface area contributed by atoms with Crippen LogP contribution in [0.15, 0.2) is 66.9 Å². The van der Waals surface area contributed by atoms with Crippen LogP contribution in [0.3, 0.4) is 0 Å². The predicted octanol–water partition coefficient (Wildman–Crippen LogP) is 3.68. The van der Waals surface area contributed by atoms with E-state index >= 15 is 0 Å². The van der Waals surface area contributed by atoms with E-state index in [1.807, 2.05) is 59.4 Å². The summed E-state index contributed by atoms with van der Waals surface area (Å²) in [6, 6.07) is 19.8. The first-order valence-electron chi connectivity index (χ1n) is 11.9. The van der Waals surface area contributed by atoms with Crippen molar-refractivity contribution in [2.45, 2.75) is 19.1 Å². The number of hydrogen-bond acceptors (Lipinski definition) is 7. The minimum atomic E-state index is -0.653. The van der Waals surface area contributed by atoms with Gasteiger partial charge in [-0.2, -0.15) is 5.10 Å². The summed E-state index contributed by atoms with van der Waals surface area (Å²) in [7, 11) is 4.79. The lowest BCUT2D eigenvalue weighted by molar-refractivity contribution is 0.107. The number of methoxy groups -OCH3 is 3. The number of ether oxygens (including phenoxy) is 4. The van der Waals surface area contributed by atoms with Crippen molar-refractivity contribution in [3.05, 3.63) is 78.0 Å². The first kappa shape index (κ1) is 25.3. The summed E-state index contributed by atoms with van der Waals surface area (Å²) in [6.07, 6.45) is 2.07. The van der Waals surface area contributed by atoms with Gasteiger partial charge in [-0.3, -0.25) is 4.68 Å². The van der Waals surface area contributed by atoms with Crippen LogP contribution in [-0.2, 0) is 13.0 Å². The molecule has 0 fully saturated rings. The molecule has 1 atom stereocenters. The molecule has 4 aromatic rings. The van der Waals surface area contributed by atoms with Gasteiger partial charge in [-0.05, 0) is 48.4 Å². The number of aromatic nitrogens is 2. The van der Waals surface area contributed by atoms with Gasteiger partial charge in [0.2, 0.25) is 5.75 Å². The summed E-state index contributed by atoms with van der Waals surface area (Å²) in [5.74, 6) is 2.54. The molecular formula is C28H33N3O5. The zero-order valence-corrected chi connectivity index (χ0v) is 20.9. The maximum Gasteiger partial charge on any atom is 0.203 e. The molecular weight excluding hydrogens is 458 g/mol. The van der Waals surface area contributed by atoms with Crippen LogP contribution in [0, 0.1) is 0 Å². The van der Waals surface area contributed by atoms with E-state index in [-0.39, 0.29) is 6.61 Å². The minimum absolute atomic E-state index is 0.181. The molecule has 1 unspecified atom stereocenters. The number of benzene rings is 3. The third kappa shape index (κ3) is 6.27. The Balaban J connectivity index is 1.27. The van der Waals surface area contributed by atoms with Crippen LogP contribution >= 0.6 is 0 Å². The summed E-state index contributed by atoms with van der Waals surface area (Å²) < 4.78 is 24.1. The van der Waals surface area contributed by atoms with E-state index < -0.39 is 6.10 Å². The van der Waals surface area contributed by atoms with Gasteiger partial charge in [0.1, 0.15) is 18.5 Å². The van der Waals surface area contributed by atoms with Crippen molar-refractivity contribution in [2.75, 3.05) is 41.0 Å². The van der Waals surface area contributed by atoms with E-state index in [1.54, 1.807) is 21.3 Å². The fraction of sp³-hybridized carbons (Fsp3) is 0.321. The Labute approximate surface area is 211 Å². The highest BCUT2D eigenvalue weighted by molar-refractivity contribution is 5.84. The van der Waals surface area contributed by atoms with E-state index in [1.165, 1.54) is 5.56 Å². The predicted molar refractivity (Wildman–Crippen MR) is 139 cm³/mol. The molecule has 1 aromatic heterocycles. The fourth-order valence-corrected chi connectivity index (χ4v) is 4.07. The second-order valence-corrected chi connectivity index (χ2v) is 8.45. The molecule has 0 saturated heterocycles. The lowest BCUT2D eigenvalue weighted by Gasteiger charge is -2.15. The normalized spacial score (nSPS) is 11.9. The van der Waals surface area contributed by atoms with Crippen molar-refractivity contribution < 1.29 is 24.1 Å². The molecule has 8 heteroatoms. The molecule has 36 heavy (non-hydrogen) atoms. The lowest BCUT2D eigenvalue weighted by atomic mass is 10.1. The molecule has 0 bridgehead atoms. The number of rotatable bonds is 13. The molecule has 1 heterocycles. The van der Waals surface area contributed by atoms with Gasteiger partial charge >= 0.3 is 0 Å². The third-order valence-corrected chi connectivity index (χ3v) is 5.87. The second-order valence-electron chi connectivity index (χ2n) is 8.45. The molecule has 0 aliphatic heterocycles. The first-order chi connectivity index (χ1) is 17.6. The van der Waals surface area contributed by atoms with Crippen molar-refractivity contribution in [2.24, 2.45) is 0 Å². The molecule has 0 spiro atoms. The van der Waals surface area contributed by atoms with E-state index in [9.17, 15) is 5.11 Å². The number of aliphatic hydroxyl groups excluding tert-OH is 1. The molecule has 3 aromatic carbocycles. The lowest BCUT2D eigenvalue weighted by Crippen LogP contribution is -2.32. The van der Waals surface area contributed by atoms with Crippen LogP contribution in [0.5, 0.6) is 23.0 Å². The van der Waals surface area contributed by atoms with Crippen molar-refractivity contribution in [3.8, 4) is 23.0 Å². The van der Waals surface area contributed by atoms with Gasteiger partial charge in [0.05, 0.1) is 38.8 Å². The van der Waals surface area contributed by atoms with Crippen molar-refractivity contribution in [3.63, 3.8) is 0 Å². The van der Waals surface area contributed by atoms with E-state index in [0.29, 0.717) is 42.6 Å². The van der Waals surface area contributed by atoms with Gasteiger partial charge in [-0.15, -0.1) is 0 Å². The number of nitrogens with one attached hydrogen (secondary N) is 1. The van der Waals surface area contributed by atoms with Gasteiger partial charge in [0, 0.05) is 12.7 Å². The van der Waals surface area contributed by atoms with Crippen LogP contribution < -0.4 is 24.3 Å². The van der Waals surface area contributed by atoms with Crippen molar-refractivity contribution in [1.29, 1.82) is 0 Å². The summed E-state index contributed by atoms with van der Waals surface area (Å²) in [6.45, 7) is 1.96. The van der Waals surface area contributed by atoms with Gasteiger partial charge in [-0.25, -0.2) is 0 Å². The topological polar surface area (TPSA) is 87.0 Å². The van der Waals surface area contributed by atoms with Crippen LogP contribution in [0.25, 0.3) is 10.9 Å². The molecule has 8 nitrogen and oxygen atoms in total. The Morgan fingerprint density at radius 2 is 1.64 bits per heavy atom. The Kier molecular flexibility index (Phi) is 8.65. The van der Waals surface area contributed by atoms with Crippen molar-refractivity contribution >= 4 is 10.9 Å². The standard InChI is InChI=1S/C28H33N3O5/c1-33-26-14-21(15-27(34-2)28(26)35-3)12-13-29-16-22(32)19-36-25-11-7-10-24-23(25)18-31(30-24)17-20-8-5-4-6-9-20/h4-11,14-15,18,22,29,32H,12-13,16-17,19H2,1-3H3. The summed E-state index contributed by atoms with van der Waals surface area (Å²) >= 11 is 0. The molecule has 190 valence electrons. The fourth-order valence-electron chi connectivity index (χ4n) is 4.07. The monoisotopic (exact) mass is 491 g/mol. The zero-order chi connectivity index (χ0) is 25.3. The van der Waals surface area contributed by atoms with Crippen LogP contribution in [0.4, 0.5) is 0 Å². The molecule has 2 N–H and O–H groups in total. The zero-order valence-electron chi connectivity index (χ0n) is 20.9. The highest BCUT2D eigenvalue weighted by atomic mass is 16.5.